The van der Waals surface area contributed by atoms with Gasteiger partial charge in [-0.05, 0) is 57.2 Å². The van der Waals surface area contributed by atoms with Gasteiger partial charge in [-0.3, -0.25) is 4.79 Å². The molecule has 0 fully saturated rings. The Hall–Kier alpha value is -2.78. The predicted octanol–water partition coefficient (Wildman–Crippen LogP) is 1.95. The van der Waals surface area contributed by atoms with Crippen LogP contribution in [0.25, 0.3) is 0 Å². The molecule has 1 heterocycles. The molecule has 1 aromatic heterocycles. The third kappa shape index (κ3) is 5.87. The van der Waals surface area contributed by atoms with Gasteiger partial charge >= 0.3 is 5.97 Å². The van der Waals surface area contributed by atoms with Crippen LogP contribution in [0.1, 0.15) is 31.3 Å². The van der Waals surface area contributed by atoms with E-state index in [1.54, 1.807) is 26.0 Å². The molecule has 0 aliphatic rings. The number of carbonyl (C=O) groups excluding carboxylic acids is 2. The molecule has 1 aromatic carbocycles. The maximum absolute atomic E-state index is 12.2. The lowest BCUT2D eigenvalue weighted by Gasteiger charge is -2.14. The molecule has 1 amide bonds. The van der Waals surface area contributed by atoms with Crippen molar-refractivity contribution in [2.75, 3.05) is 5.32 Å². The van der Waals surface area contributed by atoms with Crippen LogP contribution < -0.4 is 10.0 Å². The molecule has 0 radical (unpaired) electrons. The van der Waals surface area contributed by atoms with E-state index < -0.39 is 28.0 Å². The van der Waals surface area contributed by atoms with Crippen molar-refractivity contribution in [1.82, 2.24) is 9.71 Å². The first-order valence-electron chi connectivity index (χ1n) is 8.24. The van der Waals surface area contributed by atoms with Gasteiger partial charge in [0.25, 0.3) is 5.91 Å². The van der Waals surface area contributed by atoms with E-state index in [9.17, 15) is 18.0 Å². The lowest BCUT2D eigenvalue weighted by Crippen LogP contribution is -2.31. The van der Waals surface area contributed by atoms with Gasteiger partial charge in [0.2, 0.25) is 10.0 Å². The molecule has 0 saturated carbocycles. The minimum Gasteiger partial charge on any atom is -0.448 e. The summed E-state index contributed by atoms with van der Waals surface area (Å²) >= 11 is 0. The van der Waals surface area contributed by atoms with Gasteiger partial charge in [0.15, 0.2) is 6.10 Å². The van der Waals surface area contributed by atoms with Crippen LogP contribution in [0.2, 0.25) is 0 Å². The summed E-state index contributed by atoms with van der Waals surface area (Å²) in [5.74, 6) is -1.25. The Balaban J connectivity index is 1.98. The summed E-state index contributed by atoms with van der Waals surface area (Å²) in [5, 5.41) is 2.57. The number of hydrogen-bond acceptors (Lipinski definition) is 6. The fraction of sp³-hybridized carbons (Fsp3) is 0.278. The molecular weight excluding hydrogens is 370 g/mol. The molecule has 8 nitrogen and oxygen atoms in total. The van der Waals surface area contributed by atoms with Crippen molar-refractivity contribution < 1.29 is 22.7 Å². The third-order valence-corrected chi connectivity index (χ3v) is 5.02. The first-order valence-corrected chi connectivity index (χ1v) is 9.72. The number of nitrogens with zero attached hydrogens (tertiary/aromatic N) is 1. The Morgan fingerprint density at radius 1 is 1.04 bits per heavy atom. The Labute approximate surface area is 158 Å². The normalized spacial score (nSPS) is 12.4. The summed E-state index contributed by atoms with van der Waals surface area (Å²) in [6.07, 6.45) is 0.399. The molecule has 0 aliphatic heterocycles. The molecule has 27 heavy (non-hydrogen) atoms. The number of anilines is 1. The number of amides is 1. The first-order chi connectivity index (χ1) is 12.7. The number of pyridine rings is 1. The highest BCUT2D eigenvalue weighted by atomic mass is 32.2. The van der Waals surface area contributed by atoms with Crippen molar-refractivity contribution in [3.63, 3.8) is 0 Å². The molecule has 2 rings (SSSR count). The molecular formula is C18H21N3O5S. The molecule has 0 bridgehead atoms. The number of sulfonamides is 1. The maximum atomic E-state index is 12.2. The number of carbonyl (C=O) groups is 2. The van der Waals surface area contributed by atoms with Crippen LogP contribution in [-0.2, 0) is 19.6 Å². The van der Waals surface area contributed by atoms with E-state index in [2.05, 4.69) is 15.0 Å². The number of hydrogen-bond donors (Lipinski definition) is 2. The molecule has 9 heteroatoms. The topological polar surface area (TPSA) is 114 Å². The quantitative estimate of drug-likeness (QED) is 0.697. The lowest BCUT2D eigenvalue weighted by atomic mass is 10.3. The van der Waals surface area contributed by atoms with Gasteiger partial charge in [0.05, 0.1) is 4.90 Å². The van der Waals surface area contributed by atoms with E-state index in [-0.39, 0.29) is 16.6 Å². The zero-order valence-electron chi connectivity index (χ0n) is 15.2. The van der Waals surface area contributed by atoms with Crippen molar-refractivity contribution in [3.8, 4) is 0 Å². The number of ether oxygens (including phenoxy) is 1. The van der Waals surface area contributed by atoms with Gasteiger partial charge < -0.3 is 10.1 Å². The second kappa shape index (κ2) is 8.74. The highest BCUT2D eigenvalue weighted by Gasteiger charge is 2.20. The van der Waals surface area contributed by atoms with Crippen molar-refractivity contribution in [2.24, 2.45) is 0 Å². The molecule has 2 N–H and O–H groups in total. The van der Waals surface area contributed by atoms with Crippen LogP contribution in [-0.4, -0.2) is 37.4 Å². The molecule has 2 aromatic rings. The Morgan fingerprint density at radius 2 is 1.70 bits per heavy atom. The summed E-state index contributed by atoms with van der Waals surface area (Å²) in [4.78, 5) is 28.0. The Kier molecular flexibility index (Phi) is 6.65. The number of nitrogens with one attached hydrogen (secondary N) is 2. The summed E-state index contributed by atoms with van der Waals surface area (Å²) in [6.45, 7) is 4.88. The van der Waals surface area contributed by atoms with Gasteiger partial charge in [0.1, 0.15) is 5.69 Å². The minimum absolute atomic E-state index is 0.0869. The number of aromatic nitrogens is 1. The van der Waals surface area contributed by atoms with Crippen LogP contribution in [0.5, 0.6) is 0 Å². The molecule has 0 unspecified atom stereocenters. The molecule has 144 valence electrons. The first kappa shape index (κ1) is 20.5. The average Bonchev–Trinajstić information content (AvgIpc) is 2.61. The predicted molar refractivity (Wildman–Crippen MR) is 99.6 cm³/mol. The van der Waals surface area contributed by atoms with Crippen LogP contribution in [0, 0.1) is 0 Å². The standard InChI is InChI=1S/C18H21N3O5S/c1-12(2)21-27(24,25)15-9-7-14(8-10-15)20-17(22)13(3)26-18(23)16-6-4-5-11-19-16/h4-13,21H,1-3H3,(H,20,22)/t13-/m0/s1. The Bertz CT molecular complexity index is 896. The van der Waals surface area contributed by atoms with E-state index in [4.69, 9.17) is 4.74 Å². The number of esters is 1. The van der Waals surface area contributed by atoms with Crippen molar-refractivity contribution in [3.05, 3.63) is 54.4 Å². The summed E-state index contributed by atoms with van der Waals surface area (Å²) < 4.78 is 31.7. The van der Waals surface area contributed by atoms with Crippen LogP contribution >= 0.6 is 0 Å². The monoisotopic (exact) mass is 391 g/mol. The molecule has 0 saturated heterocycles. The second-order valence-corrected chi connectivity index (χ2v) is 7.77. The fourth-order valence-electron chi connectivity index (χ4n) is 2.10. The van der Waals surface area contributed by atoms with Gasteiger partial charge in [-0.25, -0.2) is 22.9 Å². The maximum Gasteiger partial charge on any atom is 0.357 e. The minimum atomic E-state index is -3.61. The average molecular weight is 391 g/mol. The van der Waals surface area contributed by atoms with Crippen molar-refractivity contribution in [1.29, 1.82) is 0 Å². The van der Waals surface area contributed by atoms with Crippen molar-refractivity contribution in [2.45, 2.75) is 37.8 Å². The molecule has 0 spiro atoms. The van der Waals surface area contributed by atoms with E-state index >= 15 is 0 Å². The lowest BCUT2D eigenvalue weighted by molar-refractivity contribution is -0.123. The molecule has 1 atom stereocenters. The van der Waals surface area contributed by atoms with Crippen LogP contribution in [0.4, 0.5) is 5.69 Å². The zero-order valence-corrected chi connectivity index (χ0v) is 16.0. The SMILES string of the molecule is CC(C)NS(=O)(=O)c1ccc(NC(=O)[C@H](C)OC(=O)c2ccccn2)cc1. The third-order valence-electron chi connectivity index (χ3n) is 3.35. The number of rotatable bonds is 7. The van der Waals surface area contributed by atoms with Gasteiger partial charge in [-0.2, -0.15) is 0 Å². The number of benzene rings is 1. The van der Waals surface area contributed by atoms with Gasteiger partial charge in [0, 0.05) is 17.9 Å². The van der Waals surface area contributed by atoms with Crippen LogP contribution in [0.15, 0.2) is 53.6 Å². The smallest absolute Gasteiger partial charge is 0.357 e. The summed E-state index contributed by atoms with van der Waals surface area (Å²) in [7, 11) is -3.61. The second-order valence-electron chi connectivity index (χ2n) is 6.05. The van der Waals surface area contributed by atoms with E-state index in [0.717, 1.165) is 0 Å². The van der Waals surface area contributed by atoms with E-state index in [1.807, 2.05) is 0 Å². The summed E-state index contributed by atoms with van der Waals surface area (Å²) in [6, 6.07) is 10.2. The Morgan fingerprint density at radius 3 is 2.26 bits per heavy atom. The van der Waals surface area contributed by atoms with Crippen LogP contribution in [0.3, 0.4) is 0 Å². The summed E-state index contributed by atoms with van der Waals surface area (Å²) in [5.41, 5.74) is 0.480. The highest BCUT2D eigenvalue weighted by molar-refractivity contribution is 7.89. The largest absolute Gasteiger partial charge is 0.448 e. The van der Waals surface area contributed by atoms with E-state index in [0.29, 0.717) is 5.69 Å². The van der Waals surface area contributed by atoms with Gasteiger partial charge in [-0.15, -0.1) is 0 Å². The van der Waals surface area contributed by atoms with E-state index in [1.165, 1.54) is 43.5 Å². The fourth-order valence-corrected chi connectivity index (χ4v) is 3.35. The molecule has 0 aliphatic carbocycles. The van der Waals surface area contributed by atoms with Gasteiger partial charge in [-0.1, -0.05) is 6.07 Å². The zero-order chi connectivity index (χ0) is 20.0. The highest BCUT2D eigenvalue weighted by Crippen LogP contribution is 2.15. The van der Waals surface area contributed by atoms with Crippen molar-refractivity contribution >= 4 is 27.6 Å².